The molecule has 1 N–H and O–H groups in total. The predicted octanol–water partition coefficient (Wildman–Crippen LogP) is 2.44. The molecule has 0 spiro atoms. The molecule has 1 aliphatic heterocycles. The fourth-order valence-electron chi connectivity index (χ4n) is 2.45. The molecule has 2 aromatic heterocycles. The highest BCUT2D eigenvalue weighted by molar-refractivity contribution is 8.00. The molecule has 0 saturated heterocycles. The van der Waals surface area contributed by atoms with Crippen LogP contribution in [-0.4, -0.2) is 36.7 Å². The van der Waals surface area contributed by atoms with Crippen LogP contribution >= 0.6 is 34.9 Å². The van der Waals surface area contributed by atoms with E-state index in [2.05, 4.69) is 27.4 Å². The summed E-state index contributed by atoms with van der Waals surface area (Å²) in [4.78, 5) is 30.1. The van der Waals surface area contributed by atoms with E-state index in [1.807, 2.05) is 13.8 Å². The molecule has 3 heterocycles. The van der Waals surface area contributed by atoms with Crippen molar-refractivity contribution in [2.75, 3.05) is 11.1 Å². The molecule has 1 aliphatic rings. The summed E-state index contributed by atoms with van der Waals surface area (Å²) in [6, 6.07) is 0. The van der Waals surface area contributed by atoms with Crippen LogP contribution in [0, 0.1) is 0 Å². The SMILES string of the molecule is CCc1nnc(NC(=O)CSc2nc3c(c(=O)n2CC)S[C@@H](C)C3)s1. The van der Waals surface area contributed by atoms with Crippen molar-refractivity contribution in [3.05, 3.63) is 21.1 Å². The largest absolute Gasteiger partial charge is 0.300 e. The van der Waals surface area contributed by atoms with E-state index in [4.69, 9.17) is 0 Å². The van der Waals surface area contributed by atoms with E-state index in [1.54, 1.807) is 16.3 Å². The van der Waals surface area contributed by atoms with Crippen LogP contribution in [-0.2, 0) is 24.2 Å². The maximum absolute atomic E-state index is 12.6. The molecule has 0 bridgehead atoms. The second kappa shape index (κ2) is 7.88. The molecule has 3 rings (SSSR count). The van der Waals surface area contributed by atoms with Gasteiger partial charge in [0.2, 0.25) is 11.0 Å². The van der Waals surface area contributed by atoms with Crippen LogP contribution in [0.15, 0.2) is 14.8 Å². The summed E-state index contributed by atoms with van der Waals surface area (Å²) in [5, 5.41) is 13.0. The summed E-state index contributed by atoms with van der Waals surface area (Å²) < 4.78 is 1.64. The first kappa shape index (κ1) is 18.4. The number of anilines is 1. The zero-order valence-corrected chi connectivity index (χ0v) is 16.7. The summed E-state index contributed by atoms with van der Waals surface area (Å²) in [6.07, 6.45) is 1.59. The van der Waals surface area contributed by atoms with Gasteiger partial charge in [-0.05, 0) is 13.3 Å². The minimum absolute atomic E-state index is 0.00136. The molecule has 0 aliphatic carbocycles. The number of fused-ring (bicyclic) bond motifs is 1. The van der Waals surface area contributed by atoms with Gasteiger partial charge in [-0.2, -0.15) is 0 Å². The number of hydrogen-bond acceptors (Lipinski definition) is 8. The van der Waals surface area contributed by atoms with Gasteiger partial charge in [0.05, 0.1) is 16.3 Å². The fourth-order valence-corrected chi connectivity index (χ4v) is 5.14. The smallest absolute Gasteiger partial charge is 0.268 e. The number of nitrogens with one attached hydrogen (secondary N) is 1. The van der Waals surface area contributed by atoms with Crippen molar-refractivity contribution < 1.29 is 4.79 Å². The summed E-state index contributed by atoms with van der Waals surface area (Å²) in [5.74, 6) is -0.00134. The van der Waals surface area contributed by atoms with Gasteiger partial charge < -0.3 is 0 Å². The third-order valence-corrected chi connectivity index (χ3v) is 6.80. The molecule has 0 radical (unpaired) electrons. The third-order valence-electron chi connectivity index (χ3n) is 3.63. The van der Waals surface area contributed by atoms with Crippen molar-refractivity contribution in [1.29, 1.82) is 0 Å². The zero-order chi connectivity index (χ0) is 18.0. The predicted molar refractivity (Wildman–Crippen MR) is 102 cm³/mol. The Labute approximate surface area is 158 Å². The third kappa shape index (κ3) is 4.06. The van der Waals surface area contributed by atoms with Crippen LogP contribution in [0.25, 0.3) is 0 Å². The molecular formula is C15H19N5O2S3. The number of carbonyl (C=O) groups excluding carboxylic acids is 1. The molecule has 134 valence electrons. The molecule has 0 fully saturated rings. The van der Waals surface area contributed by atoms with Gasteiger partial charge in [-0.15, -0.1) is 22.0 Å². The Bertz CT molecular complexity index is 848. The Hall–Kier alpha value is -1.39. The lowest BCUT2D eigenvalue weighted by Gasteiger charge is -2.11. The fraction of sp³-hybridized carbons (Fsp3) is 0.533. The van der Waals surface area contributed by atoms with Crippen molar-refractivity contribution >= 4 is 45.9 Å². The summed E-state index contributed by atoms with van der Waals surface area (Å²) in [5.41, 5.74) is 0.855. The first-order chi connectivity index (χ1) is 12.0. The highest BCUT2D eigenvalue weighted by atomic mass is 32.2. The Kier molecular flexibility index (Phi) is 5.80. The molecule has 10 heteroatoms. The zero-order valence-electron chi connectivity index (χ0n) is 14.2. The molecule has 1 atom stereocenters. The average Bonchev–Trinajstić information content (AvgIpc) is 3.19. The number of nitrogens with zero attached hydrogens (tertiary/aromatic N) is 4. The van der Waals surface area contributed by atoms with E-state index < -0.39 is 0 Å². The monoisotopic (exact) mass is 397 g/mol. The molecule has 0 saturated carbocycles. The number of aryl methyl sites for hydroxylation is 1. The molecule has 7 nitrogen and oxygen atoms in total. The van der Waals surface area contributed by atoms with Crippen molar-refractivity contribution in [3.8, 4) is 0 Å². The van der Waals surface area contributed by atoms with E-state index in [-0.39, 0.29) is 17.2 Å². The number of rotatable bonds is 6. The topological polar surface area (TPSA) is 89.8 Å². The van der Waals surface area contributed by atoms with Crippen molar-refractivity contribution in [2.24, 2.45) is 0 Å². The quantitative estimate of drug-likeness (QED) is 0.591. The summed E-state index contributed by atoms with van der Waals surface area (Å²) in [6.45, 7) is 6.53. The van der Waals surface area contributed by atoms with Crippen LogP contribution in [0.2, 0.25) is 0 Å². The molecule has 0 aromatic carbocycles. The lowest BCUT2D eigenvalue weighted by Crippen LogP contribution is -2.25. The Balaban J connectivity index is 1.70. The van der Waals surface area contributed by atoms with Crippen LogP contribution in [0.4, 0.5) is 5.13 Å². The summed E-state index contributed by atoms with van der Waals surface area (Å²) >= 11 is 4.24. The minimum Gasteiger partial charge on any atom is -0.300 e. The molecule has 25 heavy (non-hydrogen) atoms. The van der Waals surface area contributed by atoms with Crippen LogP contribution in [0.1, 0.15) is 31.5 Å². The Morgan fingerprint density at radius 2 is 2.20 bits per heavy atom. The highest BCUT2D eigenvalue weighted by Gasteiger charge is 2.26. The minimum atomic E-state index is -0.177. The second-order valence-electron chi connectivity index (χ2n) is 5.54. The molecule has 2 aromatic rings. The van der Waals surface area contributed by atoms with Gasteiger partial charge in [0.25, 0.3) is 5.56 Å². The maximum Gasteiger partial charge on any atom is 0.268 e. The normalized spacial score (nSPS) is 16.0. The van der Waals surface area contributed by atoms with Gasteiger partial charge >= 0.3 is 0 Å². The van der Waals surface area contributed by atoms with Crippen LogP contribution in [0.5, 0.6) is 0 Å². The van der Waals surface area contributed by atoms with E-state index in [0.29, 0.717) is 22.1 Å². The van der Waals surface area contributed by atoms with Gasteiger partial charge in [-0.3, -0.25) is 19.5 Å². The number of carbonyl (C=O) groups is 1. The second-order valence-corrected chi connectivity index (χ2v) is 9.00. The number of thioether (sulfide) groups is 2. The van der Waals surface area contributed by atoms with Gasteiger partial charge in [-0.25, -0.2) is 4.98 Å². The first-order valence-electron chi connectivity index (χ1n) is 8.07. The maximum atomic E-state index is 12.6. The van der Waals surface area contributed by atoms with Crippen LogP contribution in [0.3, 0.4) is 0 Å². The van der Waals surface area contributed by atoms with E-state index >= 15 is 0 Å². The number of hydrogen-bond donors (Lipinski definition) is 1. The standard InChI is InChI=1S/C15H19N5O2S3/c1-4-11-18-19-14(25-11)17-10(21)7-23-15-16-9-6-8(3)24-12(9)13(22)20(15)5-2/h8H,4-7H2,1-3H3,(H,17,19,21)/t8-/m0/s1. The lowest BCUT2D eigenvalue weighted by molar-refractivity contribution is -0.113. The molecule has 0 unspecified atom stereocenters. The lowest BCUT2D eigenvalue weighted by atomic mass is 10.2. The van der Waals surface area contributed by atoms with Crippen molar-refractivity contribution in [3.63, 3.8) is 0 Å². The van der Waals surface area contributed by atoms with Gasteiger partial charge in [0.1, 0.15) is 5.01 Å². The van der Waals surface area contributed by atoms with Gasteiger partial charge in [0.15, 0.2) is 5.16 Å². The summed E-state index contributed by atoms with van der Waals surface area (Å²) in [7, 11) is 0. The number of aromatic nitrogens is 4. The van der Waals surface area contributed by atoms with Crippen LogP contribution < -0.4 is 10.9 Å². The van der Waals surface area contributed by atoms with Gasteiger partial charge in [0, 0.05) is 18.2 Å². The van der Waals surface area contributed by atoms with E-state index in [9.17, 15) is 9.59 Å². The van der Waals surface area contributed by atoms with Gasteiger partial charge in [-0.1, -0.05) is 36.9 Å². The molecule has 1 amide bonds. The van der Waals surface area contributed by atoms with E-state index in [1.165, 1.54) is 23.1 Å². The Morgan fingerprint density at radius 1 is 1.40 bits per heavy atom. The van der Waals surface area contributed by atoms with E-state index in [0.717, 1.165) is 28.4 Å². The van der Waals surface area contributed by atoms with Crippen molar-refractivity contribution in [2.45, 2.75) is 55.5 Å². The van der Waals surface area contributed by atoms with Crippen molar-refractivity contribution in [1.82, 2.24) is 19.7 Å². The highest BCUT2D eigenvalue weighted by Crippen LogP contribution is 2.34. The first-order valence-corrected chi connectivity index (χ1v) is 10.7. The average molecular weight is 398 g/mol. The molecular weight excluding hydrogens is 378 g/mol. The Morgan fingerprint density at radius 3 is 2.88 bits per heavy atom. The number of amides is 1.